The molecule has 0 rings (SSSR count). The molecule has 0 aromatic heterocycles. The highest BCUT2D eigenvalue weighted by molar-refractivity contribution is 5.89. The van der Waals surface area contributed by atoms with Crippen molar-refractivity contribution in [3.63, 3.8) is 0 Å². The minimum absolute atomic E-state index is 0.00681. The average molecular weight is 300 g/mol. The lowest BCUT2D eigenvalue weighted by molar-refractivity contribution is -0.147. The molecular weight excluding hydrogens is 268 g/mol. The maximum absolute atomic E-state index is 12.6. The highest BCUT2D eigenvalue weighted by Crippen LogP contribution is 2.33. The van der Waals surface area contributed by atoms with Crippen LogP contribution in [0, 0.1) is 22.7 Å². The van der Waals surface area contributed by atoms with Crippen LogP contribution in [-0.4, -0.2) is 23.1 Å². The van der Waals surface area contributed by atoms with Gasteiger partial charge in [-0.25, -0.2) is 5.48 Å². The van der Waals surface area contributed by atoms with Crippen LogP contribution in [0.5, 0.6) is 0 Å². The van der Waals surface area contributed by atoms with E-state index < -0.39 is 17.2 Å². The van der Waals surface area contributed by atoms with Gasteiger partial charge >= 0.3 is 0 Å². The van der Waals surface area contributed by atoms with E-state index in [1.54, 1.807) is 19.3 Å². The molecule has 0 aliphatic carbocycles. The number of hydroxylamine groups is 1. The third-order valence-electron chi connectivity index (χ3n) is 4.24. The van der Waals surface area contributed by atoms with Gasteiger partial charge in [-0.05, 0) is 24.7 Å². The second-order valence-corrected chi connectivity index (χ2v) is 7.94. The normalized spacial score (nSPS) is 15.5. The van der Waals surface area contributed by atoms with Gasteiger partial charge in [0.15, 0.2) is 0 Å². The Morgan fingerprint density at radius 1 is 1.05 bits per heavy atom. The molecule has 1 unspecified atom stereocenters. The zero-order chi connectivity index (χ0) is 17.0. The third kappa shape index (κ3) is 5.65. The van der Waals surface area contributed by atoms with Gasteiger partial charge in [0.05, 0.1) is 11.3 Å². The van der Waals surface area contributed by atoms with Crippen molar-refractivity contribution in [1.82, 2.24) is 10.8 Å². The summed E-state index contributed by atoms with van der Waals surface area (Å²) in [6.07, 6.45) is 0.586. The molecule has 0 spiro atoms. The minimum atomic E-state index is -0.972. The largest absolute Gasteiger partial charge is 0.353 e. The van der Waals surface area contributed by atoms with Crippen LogP contribution in [0.2, 0.25) is 0 Å². The Bertz CT molecular complexity index is 370. The van der Waals surface area contributed by atoms with Gasteiger partial charge < -0.3 is 5.32 Å². The van der Waals surface area contributed by atoms with Crippen LogP contribution in [0.15, 0.2) is 0 Å². The SMILES string of the molecule is CC(C)C[C@@H](C(=O)NC(C)C(C)(C)C)C(C)(C)C(=O)NO. The Balaban J connectivity index is 5.25. The fraction of sp³-hybridized carbons (Fsp3) is 0.875. The molecule has 0 saturated carbocycles. The van der Waals surface area contributed by atoms with E-state index in [-0.39, 0.29) is 23.3 Å². The van der Waals surface area contributed by atoms with E-state index in [0.29, 0.717) is 6.42 Å². The van der Waals surface area contributed by atoms with Gasteiger partial charge in [-0.1, -0.05) is 48.5 Å². The molecule has 0 aromatic rings. The highest BCUT2D eigenvalue weighted by atomic mass is 16.5. The molecule has 0 radical (unpaired) electrons. The molecule has 2 amide bonds. The Morgan fingerprint density at radius 3 is 1.86 bits per heavy atom. The predicted molar refractivity (Wildman–Crippen MR) is 83.7 cm³/mol. The molecule has 5 nitrogen and oxygen atoms in total. The van der Waals surface area contributed by atoms with Crippen molar-refractivity contribution >= 4 is 11.8 Å². The number of carbonyl (C=O) groups excluding carboxylic acids is 2. The first-order valence-corrected chi connectivity index (χ1v) is 7.59. The number of carbonyl (C=O) groups is 2. The second-order valence-electron chi connectivity index (χ2n) is 7.94. The van der Waals surface area contributed by atoms with Crippen LogP contribution in [0.25, 0.3) is 0 Å². The number of amides is 2. The number of rotatable bonds is 6. The van der Waals surface area contributed by atoms with E-state index in [2.05, 4.69) is 26.1 Å². The number of hydrogen-bond donors (Lipinski definition) is 3. The molecule has 0 aliphatic rings. The first-order chi connectivity index (χ1) is 9.33. The number of hydrogen-bond acceptors (Lipinski definition) is 3. The van der Waals surface area contributed by atoms with Gasteiger partial charge in [-0.2, -0.15) is 0 Å². The smallest absolute Gasteiger partial charge is 0.249 e. The second kappa shape index (κ2) is 7.25. The monoisotopic (exact) mass is 300 g/mol. The summed E-state index contributed by atoms with van der Waals surface area (Å²) in [5.41, 5.74) is 0.653. The Kier molecular flexibility index (Phi) is 6.87. The van der Waals surface area contributed by atoms with E-state index in [0.717, 1.165) is 0 Å². The van der Waals surface area contributed by atoms with Crippen LogP contribution < -0.4 is 10.8 Å². The molecule has 0 aromatic carbocycles. The lowest BCUT2D eigenvalue weighted by atomic mass is 9.73. The van der Waals surface area contributed by atoms with Crippen LogP contribution in [0.1, 0.15) is 61.8 Å². The molecule has 0 bridgehead atoms. The van der Waals surface area contributed by atoms with Gasteiger partial charge in [-0.15, -0.1) is 0 Å². The summed E-state index contributed by atoms with van der Waals surface area (Å²) in [6, 6.07) is -0.00681. The predicted octanol–water partition coefficient (Wildman–Crippen LogP) is 2.73. The Morgan fingerprint density at radius 2 is 1.52 bits per heavy atom. The van der Waals surface area contributed by atoms with Gasteiger partial charge in [0.25, 0.3) is 0 Å². The van der Waals surface area contributed by atoms with Gasteiger partial charge in [0.1, 0.15) is 0 Å². The zero-order valence-electron chi connectivity index (χ0n) is 14.7. The van der Waals surface area contributed by atoms with Crippen LogP contribution in [-0.2, 0) is 9.59 Å². The van der Waals surface area contributed by atoms with E-state index in [1.165, 1.54) is 0 Å². The van der Waals surface area contributed by atoms with Crippen molar-refractivity contribution in [3.05, 3.63) is 0 Å². The van der Waals surface area contributed by atoms with Crippen molar-refractivity contribution in [2.75, 3.05) is 0 Å². The molecular formula is C16H32N2O3. The van der Waals surface area contributed by atoms with E-state index in [1.807, 2.05) is 20.8 Å². The molecule has 3 N–H and O–H groups in total. The standard InChI is InChI=1S/C16H32N2O3/c1-10(2)9-12(16(7,8)14(20)18-21)13(19)17-11(3)15(4,5)6/h10-12,21H,9H2,1-8H3,(H,17,19)(H,18,20)/t11?,12-/m0/s1. The third-order valence-corrected chi connectivity index (χ3v) is 4.24. The summed E-state index contributed by atoms with van der Waals surface area (Å²) in [6.45, 7) is 15.5. The van der Waals surface area contributed by atoms with Crippen molar-refractivity contribution in [3.8, 4) is 0 Å². The quantitative estimate of drug-likeness (QED) is 0.521. The highest BCUT2D eigenvalue weighted by Gasteiger charge is 2.42. The van der Waals surface area contributed by atoms with Crippen molar-refractivity contribution < 1.29 is 14.8 Å². The lowest BCUT2D eigenvalue weighted by Gasteiger charge is -2.35. The molecule has 2 atom stereocenters. The molecule has 5 heteroatoms. The van der Waals surface area contributed by atoms with Crippen LogP contribution in [0.3, 0.4) is 0 Å². The molecule has 0 heterocycles. The maximum atomic E-state index is 12.6. The molecule has 0 aliphatic heterocycles. The molecule has 0 fully saturated rings. The fourth-order valence-corrected chi connectivity index (χ4v) is 2.03. The van der Waals surface area contributed by atoms with Gasteiger partial charge in [0.2, 0.25) is 11.8 Å². The Hall–Kier alpha value is -1.10. The van der Waals surface area contributed by atoms with Gasteiger partial charge in [-0.3, -0.25) is 14.8 Å². The molecule has 0 saturated heterocycles. The van der Waals surface area contributed by atoms with E-state index >= 15 is 0 Å². The molecule has 124 valence electrons. The summed E-state index contributed by atoms with van der Waals surface area (Å²) in [7, 11) is 0. The topological polar surface area (TPSA) is 78.4 Å². The first-order valence-electron chi connectivity index (χ1n) is 7.59. The summed E-state index contributed by atoms with van der Waals surface area (Å²) in [5, 5.41) is 11.9. The van der Waals surface area contributed by atoms with Crippen molar-refractivity contribution in [2.45, 2.75) is 67.9 Å². The Labute approximate surface area is 128 Å². The zero-order valence-corrected chi connectivity index (χ0v) is 14.7. The van der Waals surface area contributed by atoms with E-state index in [9.17, 15) is 9.59 Å². The van der Waals surface area contributed by atoms with Crippen LogP contribution in [0.4, 0.5) is 0 Å². The fourth-order valence-electron chi connectivity index (χ4n) is 2.03. The molecule has 21 heavy (non-hydrogen) atoms. The lowest BCUT2D eigenvalue weighted by Crippen LogP contribution is -2.51. The average Bonchev–Trinajstić information content (AvgIpc) is 2.32. The number of nitrogens with one attached hydrogen (secondary N) is 2. The summed E-state index contributed by atoms with van der Waals surface area (Å²) in [4.78, 5) is 24.5. The van der Waals surface area contributed by atoms with Crippen molar-refractivity contribution in [2.24, 2.45) is 22.7 Å². The van der Waals surface area contributed by atoms with Crippen molar-refractivity contribution in [1.29, 1.82) is 0 Å². The summed E-state index contributed by atoms with van der Waals surface area (Å²) in [5.74, 6) is -0.891. The summed E-state index contributed by atoms with van der Waals surface area (Å²) >= 11 is 0. The maximum Gasteiger partial charge on any atom is 0.249 e. The first kappa shape index (κ1) is 19.9. The summed E-state index contributed by atoms with van der Waals surface area (Å²) < 4.78 is 0. The minimum Gasteiger partial charge on any atom is -0.353 e. The van der Waals surface area contributed by atoms with Gasteiger partial charge in [0, 0.05) is 6.04 Å². The van der Waals surface area contributed by atoms with Crippen LogP contribution >= 0.6 is 0 Å². The van der Waals surface area contributed by atoms with E-state index in [4.69, 9.17) is 5.21 Å².